The van der Waals surface area contributed by atoms with E-state index in [0.29, 0.717) is 17.7 Å². The van der Waals surface area contributed by atoms with Crippen LogP contribution in [-0.4, -0.2) is 53.6 Å². The summed E-state index contributed by atoms with van der Waals surface area (Å²) >= 11 is 1.61. The quantitative estimate of drug-likeness (QED) is 0.227. The Balaban J connectivity index is 0.000000454. The highest BCUT2D eigenvalue weighted by atomic mass is 32.2. The normalized spacial score (nSPS) is 10.8. The van der Waals surface area contributed by atoms with Gasteiger partial charge in [0.1, 0.15) is 0 Å². The lowest BCUT2D eigenvalue weighted by molar-refractivity contribution is -0.159. The highest BCUT2D eigenvalue weighted by Gasteiger charge is 2.19. The molecule has 0 bridgehead atoms. The lowest BCUT2D eigenvalue weighted by atomic mass is 10.1. The molecule has 0 atom stereocenters. The number of carbonyl (C=O) groups is 2. The first-order valence-electron chi connectivity index (χ1n) is 10.0. The Bertz CT molecular complexity index is 1360. The average Bonchev–Trinajstić information content (AvgIpc) is 3.20. The van der Waals surface area contributed by atoms with Crippen molar-refractivity contribution in [2.75, 3.05) is 12.3 Å². The molecule has 33 heavy (non-hydrogen) atoms. The van der Waals surface area contributed by atoms with Gasteiger partial charge in [0.25, 0.3) is 5.56 Å². The molecule has 2 aromatic heterocycles. The van der Waals surface area contributed by atoms with Gasteiger partial charge in [-0.05, 0) is 50.1 Å². The van der Waals surface area contributed by atoms with E-state index in [9.17, 15) is 4.79 Å². The lowest BCUT2D eigenvalue weighted by Crippen LogP contribution is -2.23. The van der Waals surface area contributed by atoms with Crippen LogP contribution in [0.4, 0.5) is 0 Å². The number of nitrogens with zero attached hydrogens (tertiary/aromatic N) is 4. The van der Waals surface area contributed by atoms with Crippen LogP contribution < -0.4 is 11.3 Å². The van der Waals surface area contributed by atoms with Gasteiger partial charge in [-0.15, -0.1) is 10.2 Å². The molecule has 4 rings (SSSR count). The number of rotatable bonds is 5. The highest BCUT2D eigenvalue weighted by molar-refractivity contribution is 7.99. The molecule has 172 valence electrons. The second-order valence-electron chi connectivity index (χ2n) is 7.12. The summed E-state index contributed by atoms with van der Waals surface area (Å²) in [5.41, 5.74) is 9.27. The van der Waals surface area contributed by atoms with Gasteiger partial charge in [-0.1, -0.05) is 42.1 Å². The van der Waals surface area contributed by atoms with Crippen molar-refractivity contribution in [2.24, 2.45) is 5.73 Å². The van der Waals surface area contributed by atoms with Crippen LogP contribution in [0.1, 0.15) is 17.5 Å². The summed E-state index contributed by atoms with van der Waals surface area (Å²) in [6.07, 6.45) is 0.897. The molecular weight excluding hydrogens is 446 g/mol. The summed E-state index contributed by atoms with van der Waals surface area (Å²) in [6.45, 7) is 4.65. The Kier molecular flexibility index (Phi) is 7.46. The first-order valence-corrected chi connectivity index (χ1v) is 11.0. The number of thioether (sulfide) groups is 1. The van der Waals surface area contributed by atoms with Crippen molar-refractivity contribution in [3.05, 3.63) is 63.9 Å². The molecule has 0 saturated carbocycles. The Labute approximate surface area is 192 Å². The van der Waals surface area contributed by atoms with Crippen molar-refractivity contribution >= 4 is 40.4 Å². The van der Waals surface area contributed by atoms with Gasteiger partial charge in [0.05, 0.1) is 16.6 Å². The molecule has 0 aliphatic rings. The summed E-state index contributed by atoms with van der Waals surface area (Å²) in [5.74, 6) is -2.26. The molecule has 0 radical (unpaired) electrons. The molecule has 10 nitrogen and oxygen atoms in total. The predicted octanol–water partition coefficient (Wildman–Crippen LogP) is 2.25. The van der Waals surface area contributed by atoms with Gasteiger partial charge in [-0.2, -0.15) is 0 Å². The van der Waals surface area contributed by atoms with E-state index in [2.05, 4.69) is 10.2 Å². The molecule has 0 amide bonds. The lowest BCUT2D eigenvalue weighted by Gasteiger charge is -2.15. The van der Waals surface area contributed by atoms with E-state index >= 15 is 0 Å². The molecule has 4 aromatic rings. The SMILES string of the molecule is Cc1cccc(C)c1-n1c(=O)c2ccccc2n2c(SCCCN)nnc12.O=C(O)C(=O)O. The van der Waals surface area contributed by atoms with E-state index < -0.39 is 11.9 Å². The van der Waals surface area contributed by atoms with Crippen LogP contribution in [0.5, 0.6) is 0 Å². The maximum absolute atomic E-state index is 13.4. The number of benzene rings is 2. The second kappa shape index (κ2) is 10.3. The number of aryl methyl sites for hydroxylation is 2. The molecule has 0 aliphatic heterocycles. The van der Waals surface area contributed by atoms with Crippen LogP contribution in [0, 0.1) is 13.8 Å². The Morgan fingerprint density at radius 1 is 1.00 bits per heavy atom. The van der Waals surface area contributed by atoms with Crippen LogP contribution >= 0.6 is 11.8 Å². The molecular formula is C22H23N5O5S. The fraction of sp³-hybridized carbons (Fsp3) is 0.227. The van der Waals surface area contributed by atoms with Crippen molar-refractivity contribution in [1.29, 1.82) is 0 Å². The maximum Gasteiger partial charge on any atom is 0.414 e. The van der Waals surface area contributed by atoms with Gasteiger partial charge in [-0.3, -0.25) is 9.20 Å². The average molecular weight is 470 g/mol. The van der Waals surface area contributed by atoms with E-state index in [1.807, 2.05) is 60.7 Å². The summed E-state index contributed by atoms with van der Waals surface area (Å²) in [5, 5.41) is 25.0. The second-order valence-corrected chi connectivity index (χ2v) is 8.18. The minimum Gasteiger partial charge on any atom is -0.473 e. The zero-order valence-electron chi connectivity index (χ0n) is 18.1. The first-order chi connectivity index (χ1) is 15.8. The van der Waals surface area contributed by atoms with Crippen molar-refractivity contribution in [3.63, 3.8) is 0 Å². The smallest absolute Gasteiger partial charge is 0.414 e. The molecule has 0 fully saturated rings. The van der Waals surface area contributed by atoms with Crippen LogP contribution in [0.15, 0.2) is 52.4 Å². The fourth-order valence-corrected chi connectivity index (χ4v) is 4.28. The third kappa shape index (κ3) is 4.89. The summed E-state index contributed by atoms with van der Waals surface area (Å²) in [7, 11) is 0. The molecule has 0 unspecified atom stereocenters. The molecule has 0 saturated heterocycles. The first kappa shape index (κ1) is 24.0. The standard InChI is InChI=1S/C20H21N5OS.C2H2O4/c1-13-7-5-8-14(2)17(13)25-18(26)15-9-3-4-10-16(15)24-19(25)22-23-20(24)27-12-6-11-21;3-1(4)2(5)6/h3-5,7-10H,6,11-12,21H2,1-2H3;(H,3,4)(H,5,6). The molecule has 4 N–H and O–H groups in total. The molecule has 11 heteroatoms. The van der Waals surface area contributed by atoms with E-state index in [4.69, 9.17) is 25.5 Å². The van der Waals surface area contributed by atoms with Crippen LogP contribution in [0.3, 0.4) is 0 Å². The number of carboxylic acids is 2. The van der Waals surface area contributed by atoms with Gasteiger partial charge in [0.15, 0.2) is 5.16 Å². The minimum absolute atomic E-state index is 0.0820. The van der Waals surface area contributed by atoms with Crippen molar-refractivity contribution in [2.45, 2.75) is 25.4 Å². The summed E-state index contributed by atoms with van der Waals surface area (Å²) in [4.78, 5) is 31.6. The van der Waals surface area contributed by atoms with E-state index in [1.165, 1.54) is 0 Å². The Hall–Kier alpha value is -3.70. The number of hydrogen-bond acceptors (Lipinski definition) is 7. The van der Waals surface area contributed by atoms with Gasteiger partial charge < -0.3 is 15.9 Å². The molecule has 0 spiro atoms. The number of hydrogen-bond donors (Lipinski definition) is 3. The number of nitrogens with two attached hydrogens (primary N) is 1. The maximum atomic E-state index is 13.4. The van der Waals surface area contributed by atoms with Gasteiger partial charge in [-0.25, -0.2) is 14.2 Å². The third-order valence-electron chi connectivity index (χ3n) is 4.82. The number of fused-ring (bicyclic) bond motifs is 3. The van der Waals surface area contributed by atoms with Gasteiger partial charge >= 0.3 is 11.9 Å². The largest absolute Gasteiger partial charge is 0.473 e. The zero-order chi connectivity index (χ0) is 24.1. The highest BCUT2D eigenvalue weighted by Crippen LogP contribution is 2.25. The van der Waals surface area contributed by atoms with E-state index in [0.717, 1.165) is 39.7 Å². The van der Waals surface area contributed by atoms with Crippen molar-refractivity contribution in [3.8, 4) is 5.69 Å². The fourth-order valence-electron chi connectivity index (χ4n) is 3.38. The van der Waals surface area contributed by atoms with E-state index in [1.54, 1.807) is 16.3 Å². The summed E-state index contributed by atoms with van der Waals surface area (Å²) in [6, 6.07) is 13.6. The molecule has 2 heterocycles. The minimum atomic E-state index is -1.82. The number of aromatic nitrogens is 4. The molecule has 0 aliphatic carbocycles. The van der Waals surface area contributed by atoms with Gasteiger partial charge in [0, 0.05) is 5.75 Å². The predicted molar refractivity (Wildman–Crippen MR) is 125 cm³/mol. The Morgan fingerprint density at radius 3 is 2.24 bits per heavy atom. The van der Waals surface area contributed by atoms with Crippen LogP contribution in [0.2, 0.25) is 0 Å². The zero-order valence-corrected chi connectivity index (χ0v) is 18.9. The Morgan fingerprint density at radius 2 is 1.64 bits per heavy atom. The van der Waals surface area contributed by atoms with Crippen LogP contribution in [0.25, 0.3) is 22.4 Å². The third-order valence-corrected chi connectivity index (χ3v) is 5.84. The topological polar surface area (TPSA) is 153 Å². The monoisotopic (exact) mass is 469 g/mol. The van der Waals surface area contributed by atoms with Crippen LogP contribution in [-0.2, 0) is 9.59 Å². The summed E-state index contributed by atoms with van der Waals surface area (Å²) < 4.78 is 3.66. The van der Waals surface area contributed by atoms with E-state index in [-0.39, 0.29) is 5.56 Å². The number of aliphatic carboxylic acids is 2. The van der Waals surface area contributed by atoms with Crippen molar-refractivity contribution < 1.29 is 19.8 Å². The number of para-hydroxylation sites is 2. The van der Waals surface area contributed by atoms with Gasteiger partial charge in [0.2, 0.25) is 5.78 Å². The number of carboxylic acid groups (broad SMARTS) is 2. The van der Waals surface area contributed by atoms with Crippen molar-refractivity contribution in [1.82, 2.24) is 19.2 Å². The molecule has 2 aromatic carbocycles.